The van der Waals surface area contributed by atoms with Crippen LogP contribution in [0.1, 0.15) is 25.5 Å². The molecule has 0 atom stereocenters. The summed E-state index contributed by atoms with van der Waals surface area (Å²) in [5.41, 5.74) is 2.73. The molecule has 1 saturated heterocycles. The van der Waals surface area contributed by atoms with E-state index in [4.69, 9.17) is 5.10 Å². The van der Waals surface area contributed by atoms with E-state index in [0.29, 0.717) is 25.1 Å². The average Bonchev–Trinajstić information content (AvgIpc) is 3.12. The maximum Gasteiger partial charge on any atom is 0.237 e. The average molecular weight is 428 g/mol. The van der Waals surface area contributed by atoms with E-state index >= 15 is 0 Å². The number of benzene rings is 1. The van der Waals surface area contributed by atoms with E-state index in [2.05, 4.69) is 11.8 Å². The number of nitrogens with zero attached hydrogens (tertiary/aromatic N) is 5. The quantitative estimate of drug-likeness (QED) is 0.709. The van der Waals surface area contributed by atoms with Gasteiger partial charge in [-0.3, -0.25) is 9.59 Å². The van der Waals surface area contributed by atoms with Crippen LogP contribution in [0.2, 0.25) is 0 Å². The predicted octanol–water partition coefficient (Wildman–Crippen LogP) is 2.56. The smallest absolute Gasteiger partial charge is 0.237 e. The van der Waals surface area contributed by atoms with Gasteiger partial charge in [0.1, 0.15) is 5.03 Å². The lowest BCUT2D eigenvalue weighted by Crippen LogP contribution is -2.48. The third kappa shape index (κ3) is 4.25. The van der Waals surface area contributed by atoms with Crippen LogP contribution in [0.25, 0.3) is 5.69 Å². The molecule has 0 aliphatic carbocycles. The Morgan fingerprint density at radius 2 is 1.87 bits per heavy atom. The molecule has 0 saturated carbocycles. The number of likely N-dealkylation sites (N-methyl/N-ethyl adjacent to an activating group) is 1. The summed E-state index contributed by atoms with van der Waals surface area (Å²) in [4.78, 5) is 31.4. The summed E-state index contributed by atoms with van der Waals surface area (Å²) in [6.07, 6.45) is 1.14. The molecule has 2 aliphatic heterocycles. The van der Waals surface area contributed by atoms with E-state index in [1.807, 2.05) is 51.7 Å². The van der Waals surface area contributed by atoms with Crippen molar-refractivity contribution in [2.75, 3.05) is 49.9 Å². The molecule has 0 N–H and O–H groups in total. The van der Waals surface area contributed by atoms with E-state index in [1.165, 1.54) is 11.8 Å². The van der Waals surface area contributed by atoms with Crippen LogP contribution < -0.4 is 4.90 Å². The van der Waals surface area contributed by atoms with Gasteiger partial charge in [0.15, 0.2) is 0 Å². The first-order valence-electron chi connectivity index (χ1n) is 10.7. The Labute approximate surface area is 182 Å². The molecule has 2 amide bonds. The maximum atomic E-state index is 12.7. The summed E-state index contributed by atoms with van der Waals surface area (Å²) in [5.74, 6) is 0.687. The van der Waals surface area contributed by atoms with Crippen LogP contribution in [0.4, 0.5) is 5.69 Å². The van der Waals surface area contributed by atoms with Crippen LogP contribution in [0.5, 0.6) is 0 Å². The summed E-state index contributed by atoms with van der Waals surface area (Å²) in [7, 11) is 0. The number of fused-ring (bicyclic) bond motifs is 1. The lowest BCUT2D eigenvalue weighted by Gasteiger charge is -2.34. The van der Waals surface area contributed by atoms with Crippen LogP contribution in [-0.4, -0.2) is 76.4 Å². The van der Waals surface area contributed by atoms with Crippen LogP contribution >= 0.6 is 11.8 Å². The topological polar surface area (TPSA) is 61.7 Å². The van der Waals surface area contributed by atoms with Gasteiger partial charge in [0.05, 0.1) is 22.8 Å². The Balaban J connectivity index is 1.42. The molecular formula is C22H29N5O2S. The minimum Gasteiger partial charge on any atom is -0.340 e. The minimum absolute atomic E-state index is 0.0900. The lowest BCUT2D eigenvalue weighted by molar-refractivity contribution is -0.133. The molecule has 0 bridgehead atoms. The molecular weight excluding hydrogens is 398 g/mol. The Kier molecular flexibility index (Phi) is 6.43. The molecule has 7 nitrogen and oxygen atoms in total. The van der Waals surface area contributed by atoms with Crippen LogP contribution in [0.3, 0.4) is 0 Å². The highest BCUT2D eigenvalue weighted by atomic mass is 32.2. The molecule has 1 fully saturated rings. The van der Waals surface area contributed by atoms with Crippen molar-refractivity contribution in [3.05, 3.63) is 36.0 Å². The van der Waals surface area contributed by atoms with Crippen molar-refractivity contribution >= 4 is 29.3 Å². The normalized spacial score (nSPS) is 17.3. The SMILES string of the molecule is CCN1CCN(C(=O)CCCN2C(=O)CSc3c2c(C)nn3-c2ccccc2)CC1. The molecule has 1 aromatic heterocycles. The second-order valence-electron chi connectivity index (χ2n) is 7.74. The maximum absolute atomic E-state index is 12.7. The summed E-state index contributed by atoms with van der Waals surface area (Å²) in [5, 5.41) is 5.70. The highest BCUT2D eigenvalue weighted by Crippen LogP contribution is 2.39. The first-order valence-corrected chi connectivity index (χ1v) is 11.7. The van der Waals surface area contributed by atoms with Crippen LogP contribution in [-0.2, 0) is 9.59 Å². The van der Waals surface area contributed by atoms with Gasteiger partial charge in [0, 0.05) is 39.1 Å². The third-order valence-electron chi connectivity index (χ3n) is 5.84. The molecule has 0 spiro atoms. The van der Waals surface area contributed by atoms with E-state index in [1.54, 1.807) is 0 Å². The second kappa shape index (κ2) is 9.22. The van der Waals surface area contributed by atoms with Gasteiger partial charge >= 0.3 is 0 Å². The molecule has 4 rings (SSSR count). The van der Waals surface area contributed by atoms with Gasteiger partial charge < -0.3 is 14.7 Å². The van der Waals surface area contributed by atoms with E-state index < -0.39 is 0 Å². The van der Waals surface area contributed by atoms with Gasteiger partial charge in [-0.15, -0.1) is 0 Å². The van der Waals surface area contributed by atoms with Gasteiger partial charge in [-0.1, -0.05) is 36.9 Å². The number of para-hydroxylation sites is 1. The number of carbonyl (C=O) groups is 2. The fourth-order valence-electron chi connectivity index (χ4n) is 4.11. The number of rotatable bonds is 6. The number of thioether (sulfide) groups is 1. The summed E-state index contributed by atoms with van der Waals surface area (Å²) in [6.45, 7) is 9.20. The zero-order chi connectivity index (χ0) is 21.1. The molecule has 2 aliphatic rings. The van der Waals surface area contributed by atoms with Crippen molar-refractivity contribution in [1.82, 2.24) is 19.6 Å². The van der Waals surface area contributed by atoms with Crippen molar-refractivity contribution in [1.29, 1.82) is 0 Å². The molecule has 1 aromatic carbocycles. The van der Waals surface area contributed by atoms with E-state index in [-0.39, 0.29) is 11.8 Å². The zero-order valence-corrected chi connectivity index (χ0v) is 18.5. The molecule has 30 heavy (non-hydrogen) atoms. The van der Waals surface area contributed by atoms with Gasteiger partial charge in [-0.2, -0.15) is 5.10 Å². The standard InChI is InChI=1S/C22H29N5O2S/c1-3-24-12-14-25(15-13-24)19(28)10-7-11-26-20(29)16-30-22-21(26)17(2)23-27(22)18-8-5-4-6-9-18/h4-6,8-9H,3,7,10-16H2,1-2H3. The largest absolute Gasteiger partial charge is 0.340 e. The highest BCUT2D eigenvalue weighted by molar-refractivity contribution is 8.00. The Bertz CT molecular complexity index is 906. The van der Waals surface area contributed by atoms with Crippen LogP contribution in [0.15, 0.2) is 35.4 Å². The fraction of sp³-hybridized carbons (Fsp3) is 0.500. The number of hydrogen-bond acceptors (Lipinski definition) is 5. The number of anilines is 1. The number of aryl methyl sites for hydroxylation is 1. The van der Waals surface area contributed by atoms with Gasteiger partial charge in [0.25, 0.3) is 0 Å². The van der Waals surface area contributed by atoms with Crippen molar-refractivity contribution in [2.24, 2.45) is 0 Å². The van der Waals surface area contributed by atoms with Crippen molar-refractivity contribution in [3.8, 4) is 5.69 Å². The number of hydrogen-bond donors (Lipinski definition) is 0. The minimum atomic E-state index is 0.0900. The molecule has 8 heteroatoms. The first-order chi connectivity index (χ1) is 14.6. The van der Waals surface area contributed by atoms with Gasteiger partial charge in [-0.25, -0.2) is 4.68 Å². The molecule has 2 aromatic rings. The number of aromatic nitrogens is 2. The van der Waals surface area contributed by atoms with E-state index in [0.717, 1.165) is 54.8 Å². The van der Waals surface area contributed by atoms with Gasteiger partial charge in [0.2, 0.25) is 11.8 Å². The zero-order valence-electron chi connectivity index (χ0n) is 17.7. The van der Waals surface area contributed by atoms with Crippen molar-refractivity contribution in [2.45, 2.75) is 31.7 Å². The van der Waals surface area contributed by atoms with Crippen LogP contribution in [0, 0.1) is 6.92 Å². The monoisotopic (exact) mass is 427 g/mol. The predicted molar refractivity (Wildman–Crippen MR) is 119 cm³/mol. The molecule has 3 heterocycles. The Morgan fingerprint density at radius 3 is 2.57 bits per heavy atom. The Hall–Kier alpha value is -2.32. The van der Waals surface area contributed by atoms with E-state index in [9.17, 15) is 9.59 Å². The number of amides is 2. The second-order valence-corrected chi connectivity index (χ2v) is 8.70. The summed E-state index contributed by atoms with van der Waals surface area (Å²) in [6, 6.07) is 9.99. The molecule has 0 unspecified atom stereocenters. The van der Waals surface area contributed by atoms with Crippen molar-refractivity contribution in [3.63, 3.8) is 0 Å². The highest BCUT2D eigenvalue weighted by Gasteiger charge is 2.31. The first kappa shape index (κ1) is 20.9. The molecule has 160 valence electrons. The number of carbonyl (C=O) groups excluding carboxylic acids is 2. The third-order valence-corrected chi connectivity index (χ3v) is 6.87. The summed E-state index contributed by atoms with van der Waals surface area (Å²) >= 11 is 1.54. The number of piperazine rings is 1. The summed E-state index contributed by atoms with van der Waals surface area (Å²) < 4.78 is 1.92. The molecule has 0 radical (unpaired) electrons. The fourth-order valence-corrected chi connectivity index (χ4v) is 5.19. The van der Waals surface area contributed by atoms with Gasteiger partial charge in [-0.05, 0) is 32.0 Å². The van der Waals surface area contributed by atoms with Crippen molar-refractivity contribution < 1.29 is 9.59 Å². The lowest BCUT2D eigenvalue weighted by atomic mass is 10.2. The Morgan fingerprint density at radius 1 is 1.13 bits per heavy atom.